The molecule has 4 rings (SSSR count). The molecule has 1 saturated heterocycles. The van der Waals surface area contributed by atoms with E-state index in [0.29, 0.717) is 29.7 Å². The lowest BCUT2D eigenvalue weighted by atomic mass is 10.1. The Morgan fingerprint density at radius 1 is 1.09 bits per heavy atom. The van der Waals surface area contributed by atoms with Crippen LogP contribution in [0.1, 0.15) is 16.4 Å². The highest BCUT2D eigenvalue weighted by Crippen LogP contribution is 2.27. The standard InChI is InChI=1S/C17H14ClN3O/c18-13-7-5-12(6-8-13)17(22)20-9-14(10-20)21-11-19-15-3-1-2-4-16(15)21/h1-8,11,14H,9-10H2. The molecule has 0 N–H and O–H groups in total. The van der Waals surface area contributed by atoms with Crippen LogP contribution in [0.4, 0.5) is 0 Å². The summed E-state index contributed by atoms with van der Waals surface area (Å²) in [5.41, 5.74) is 2.79. The minimum atomic E-state index is 0.0531. The Labute approximate surface area is 132 Å². The molecule has 0 bridgehead atoms. The highest BCUT2D eigenvalue weighted by atomic mass is 35.5. The Morgan fingerprint density at radius 3 is 2.59 bits per heavy atom. The molecular weight excluding hydrogens is 298 g/mol. The molecule has 110 valence electrons. The van der Waals surface area contributed by atoms with Crippen molar-refractivity contribution in [2.45, 2.75) is 6.04 Å². The molecule has 0 saturated carbocycles. The second-order valence-electron chi connectivity index (χ2n) is 5.51. The molecule has 0 spiro atoms. The van der Waals surface area contributed by atoms with Crippen LogP contribution in [0.15, 0.2) is 54.9 Å². The normalized spacial score (nSPS) is 15.0. The van der Waals surface area contributed by atoms with E-state index < -0.39 is 0 Å². The van der Waals surface area contributed by atoms with E-state index in [4.69, 9.17) is 11.6 Å². The Bertz CT molecular complexity index is 834. The number of imidazole rings is 1. The number of carbonyl (C=O) groups is 1. The van der Waals surface area contributed by atoms with Crippen LogP contribution in [0.25, 0.3) is 11.0 Å². The summed E-state index contributed by atoms with van der Waals surface area (Å²) in [6, 6.07) is 15.4. The molecule has 0 atom stereocenters. The maximum Gasteiger partial charge on any atom is 0.253 e. The fourth-order valence-corrected chi connectivity index (χ4v) is 2.97. The van der Waals surface area contributed by atoms with Gasteiger partial charge in [0.1, 0.15) is 0 Å². The number of amides is 1. The molecule has 1 aliphatic rings. The molecule has 22 heavy (non-hydrogen) atoms. The van der Waals surface area contributed by atoms with Gasteiger partial charge in [0.15, 0.2) is 0 Å². The van der Waals surface area contributed by atoms with Gasteiger partial charge in [-0.05, 0) is 36.4 Å². The van der Waals surface area contributed by atoms with Crippen molar-refractivity contribution in [3.8, 4) is 0 Å². The van der Waals surface area contributed by atoms with E-state index in [1.54, 1.807) is 24.3 Å². The van der Waals surface area contributed by atoms with Crippen LogP contribution in [0.5, 0.6) is 0 Å². The SMILES string of the molecule is O=C(c1ccc(Cl)cc1)N1CC(n2cnc3ccccc32)C1. The Balaban J connectivity index is 1.50. The maximum atomic E-state index is 12.4. The van der Waals surface area contributed by atoms with Gasteiger partial charge in [-0.2, -0.15) is 0 Å². The van der Waals surface area contributed by atoms with Gasteiger partial charge in [-0.15, -0.1) is 0 Å². The zero-order chi connectivity index (χ0) is 15.1. The van der Waals surface area contributed by atoms with Crippen molar-refractivity contribution in [3.05, 3.63) is 65.4 Å². The van der Waals surface area contributed by atoms with E-state index >= 15 is 0 Å². The lowest BCUT2D eigenvalue weighted by Gasteiger charge is -2.40. The first-order valence-electron chi connectivity index (χ1n) is 7.19. The number of carbonyl (C=O) groups excluding carboxylic acids is 1. The lowest BCUT2D eigenvalue weighted by Crippen LogP contribution is -2.50. The third kappa shape index (κ3) is 2.16. The molecule has 0 aliphatic carbocycles. The van der Waals surface area contributed by atoms with Crippen LogP contribution in [-0.4, -0.2) is 33.4 Å². The summed E-state index contributed by atoms with van der Waals surface area (Å²) < 4.78 is 2.15. The van der Waals surface area contributed by atoms with Gasteiger partial charge in [-0.1, -0.05) is 23.7 Å². The van der Waals surface area contributed by atoms with Crippen molar-refractivity contribution in [1.82, 2.24) is 14.5 Å². The first-order chi connectivity index (χ1) is 10.7. The molecule has 1 aromatic heterocycles. The van der Waals surface area contributed by atoms with Crippen LogP contribution in [0, 0.1) is 0 Å². The summed E-state index contributed by atoms with van der Waals surface area (Å²) in [4.78, 5) is 18.6. The lowest BCUT2D eigenvalue weighted by molar-refractivity contribution is 0.0526. The van der Waals surface area contributed by atoms with Crippen molar-refractivity contribution in [1.29, 1.82) is 0 Å². The van der Waals surface area contributed by atoms with Crippen molar-refractivity contribution in [3.63, 3.8) is 0 Å². The number of benzene rings is 2. The fraction of sp³-hybridized carbons (Fsp3) is 0.176. The average Bonchev–Trinajstić information content (AvgIpc) is 2.90. The van der Waals surface area contributed by atoms with Crippen LogP contribution < -0.4 is 0 Å². The summed E-state index contributed by atoms with van der Waals surface area (Å²) >= 11 is 5.85. The van der Waals surface area contributed by atoms with Gasteiger partial charge in [0.2, 0.25) is 0 Å². The number of halogens is 1. The second-order valence-corrected chi connectivity index (χ2v) is 5.95. The molecule has 1 fully saturated rings. The molecule has 1 amide bonds. The van der Waals surface area contributed by atoms with Crippen molar-refractivity contribution >= 4 is 28.5 Å². The second kappa shape index (κ2) is 5.14. The van der Waals surface area contributed by atoms with E-state index in [1.807, 2.05) is 29.4 Å². The van der Waals surface area contributed by atoms with Crippen molar-refractivity contribution < 1.29 is 4.79 Å². The number of aromatic nitrogens is 2. The Morgan fingerprint density at radius 2 is 1.82 bits per heavy atom. The summed E-state index contributed by atoms with van der Waals surface area (Å²) in [6.07, 6.45) is 1.86. The van der Waals surface area contributed by atoms with Crippen LogP contribution in [-0.2, 0) is 0 Å². The smallest absolute Gasteiger partial charge is 0.253 e. The fourth-order valence-electron chi connectivity index (χ4n) is 2.84. The van der Waals surface area contributed by atoms with E-state index in [-0.39, 0.29) is 5.91 Å². The molecule has 2 heterocycles. The van der Waals surface area contributed by atoms with E-state index in [9.17, 15) is 4.79 Å². The van der Waals surface area contributed by atoms with E-state index in [0.717, 1.165) is 11.0 Å². The van der Waals surface area contributed by atoms with Crippen LogP contribution in [0.3, 0.4) is 0 Å². The van der Waals surface area contributed by atoms with Gasteiger partial charge in [0.25, 0.3) is 5.91 Å². The highest BCUT2D eigenvalue weighted by molar-refractivity contribution is 6.30. The van der Waals surface area contributed by atoms with Crippen LogP contribution >= 0.6 is 11.6 Å². The van der Waals surface area contributed by atoms with Gasteiger partial charge in [0.05, 0.1) is 23.4 Å². The molecule has 1 aliphatic heterocycles. The number of fused-ring (bicyclic) bond motifs is 1. The molecule has 5 heteroatoms. The number of hydrogen-bond donors (Lipinski definition) is 0. The Hall–Kier alpha value is -2.33. The third-order valence-electron chi connectivity index (χ3n) is 4.12. The topological polar surface area (TPSA) is 38.1 Å². The van der Waals surface area contributed by atoms with Gasteiger partial charge in [-0.25, -0.2) is 4.98 Å². The third-order valence-corrected chi connectivity index (χ3v) is 4.37. The largest absolute Gasteiger partial charge is 0.334 e. The minimum absolute atomic E-state index is 0.0531. The minimum Gasteiger partial charge on any atom is -0.334 e. The molecule has 3 aromatic rings. The van der Waals surface area contributed by atoms with Crippen LogP contribution in [0.2, 0.25) is 5.02 Å². The van der Waals surface area contributed by atoms with Crippen molar-refractivity contribution in [2.24, 2.45) is 0 Å². The van der Waals surface area contributed by atoms with Gasteiger partial charge < -0.3 is 9.47 Å². The van der Waals surface area contributed by atoms with Gasteiger partial charge in [-0.3, -0.25) is 4.79 Å². The highest BCUT2D eigenvalue weighted by Gasteiger charge is 2.32. The van der Waals surface area contributed by atoms with E-state index in [1.165, 1.54) is 0 Å². The van der Waals surface area contributed by atoms with E-state index in [2.05, 4.69) is 15.6 Å². The average molecular weight is 312 g/mol. The zero-order valence-electron chi connectivity index (χ0n) is 11.8. The summed E-state index contributed by atoms with van der Waals surface area (Å²) in [5, 5.41) is 0.642. The first-order valence-corrected chi connectivity index (χ1v) is 7.56. The first kappa shape index (κ1) is 13.3. The molecular formula is C17H14ClN3O. The molecule has 0 radical (unpaired) electrons. The molecule has 4 nitrogen and oxygen atoms in total. The maximum absolute atomic E-state index is 12.4. The molecule has 0 unspecified atom stereocenters. The number of para-hydroxylation sites is 2. The Kier molecular flexibility index (Phi) is 3.12. The number of hydrogen-bond acceptors (Lipinski definition) is 2. The number of nitrogens with zero attached hydrogens (tertiary/aromatic N) is 3. The summed E-state index contributed by atoms with van der Waals surface area (Å²) in [7, 11) is 0. The predicted octanol–water partition coefficient (Wildman–Crippen LogP) is 3.39. The van der Waals surface area contributed by atoms with Gasteiger partial charge >= 0.3 is 0 Å². The van der Waals surface area contributed by atoms with Crippen molar-refractivity contribution in [2.75, 3.05) is 13.1 Å². The monoisotopic (exact) mass is 311 g/mol. The summed E-state index contributed by atoms with van der Waals surface area (Å²) in [5.74, 6) is 0.0531. The molecule has 2 aromatic carbocycles. The predicted molar refractivity (Wildman–Crippen MR) is 86.1 cm³/mol. The quantitative estimate of drug-likeness (QED) is 0.727. The zero-order valence-corrected chi connectivity index (χ0v) is 12.6. The summed E-state index contributed by atoms with van der Waals surface area (Å²) in [6.45, 7) is 1.42. The van der Waals surface area contributed by atoms with Gasteiger partial charge in [0, 0.05) is 23.7 Å². The number of rotatable bonds is 2. The number of likely N-dealkylation sites (tertiary alicyclic amines) is 1.